The van der Waals surface area contributed by atoms with E-state index in [0.717, 1.165) is 12.5 Å². The summed E-state index contributed by atoms with van der Waals surface area (Å²) in [5, 5.41) is 10.7. The van der Waals surface area contributed by atoms with Gasteiger partial charge in [0.05, 0.1) is 17.1 Å². The Balaban J connectivity index is 1.81. The number of nitrogens with one attached hydrogen (secondary N) is 1. The number of sulfonamides is 1. The average molecular weight is 354 g/mol. The lowest BCUT2D eigenvalue weighted by molar-refractivity contribution is -0.384. The molecular weight excluding hydrogens is 342 g/mol. The molecule has 2 fully saturated rings. The van der Waals surface area contributed by atoms with Gasteiger partial charge in [0.1, 0.15) is 4.21 Å². The van der Waals surface area contributed by atoms with Gasteiger partial charge < -0.3 is 10.5 Å². The number of hydrogen-bond acceptors (Lipinski definition) is 7. The zero-order chi connectivity index (χ0) is 15.4. The lowest BCUT2D eigenvalue weighted by atomic mass is 9.73. The Morgan fingerprint density at radius 3 is 2.90 bits per heavy atom. The summed E-state index contributed by atoms with van der Waals surface area (Å²) < 4.78 is 32.1. The smallest absolute Gasteiger partial charge is 0.300 e. The maximum absolute atomic E-state index is 12.3. The standard InChI is InChI=1S/C10H12ClN3O5S2/c11-10-5(14(15)16)3-6(20-10)21(17,18)13-8-7(12)4-1-2-19-9(4)8/h3-4,7-9,13H,1-2,12H2. The molecule has 1 saturated heterocycles. The largest absolute Gasteiger partial charge is 0.376 e. The number of halogens is 1. The molecule has 21 heavy (non-hydrogen) atoms. The highest BCUT2D eigenvalue weighted by Crippen LogP contribution is 2.40. The number of hydrogen-bond donors (Lipinski definition) is 2. The van der Waals surface area contributed by atoms with E-state index >= 15 is 0 Å². The van der Waals surface area contributed by atoms with E-state index in [1.54, 1.807) is 0 Å². The number of ether oxygens (including phenoxy) is 1. The average Bonchev–Trinajstić information content (AvgIpc) is 3.00. The number of nitrogens with zero attached hydrogens (tertiary/aromatic N) is 1. The highest BCUT2D eigenvalue weighted by molar-refractivity contribution is 7.91. The fourth-order valence-electron chi connectivity index (χ4n) is 2.73. The van der Waals surface area contributed by atoms with Crippen molar-refractivity contribution in [1.29, 1.82) is 0 Å². The van der Waals surface area contributed by atoms with Crippen LogP contribution >= 0.6 is 22.9 Å². The van der Waals surface area contributed by atoms with Gasteiger partial charge in [-0.2, -0.15) is 0 Å². The summed E-state index contributed by atoms with van der Waals surface area (Å²) in [5.41, 5.74) is 5.52. The fourth-order valence-corrected chi connectivity index (χ4v) is 5.69. The summed E-state index contributed by atoms with van der Waals surface area (Å²) in [6, 6.07) is 0.132. The van der Waals surface area contributed by atoms with Crippen molar-refractivity contribution in [1.82, 2.24) is 4.72 Å². The summed E-state index contributed by atoms with van der Waals surface area (Å²) in [4.78, 5) is 10.0. The SMILES string of the molecule is NC1C2CCOC2C1NS(=O)(=O)c1cc([N+](=O)[O-])c(Cl)s1. The van der Waals surface area contributed by atoms with Crippen molar-refractivity contribution in [3.63, 3.8) is 0 Å². The first-order valence-electron chi connectivity index (χ1n) is 6.14. The molecular formula is C10H12ClN3O5S2. The van der Waals surface area contributed by atoms with Crippen molar-refractivity contribution in [3.8, 4) is 0 Å². The summed E-state index contributed by atoms with van der Waals surface area (Å²) >= 11 is 6.33. The molecule has 3 rings (SSSR count). The second kappa shape index (κ2) is 5.14. The van der Waals surface area contributed by atoms with Crippen molar-refractivity contribution in [2.45, 2.75) is 28.8 Å². The molecule has 0 spiro atoms. The van der Waals surface area contributed by atoms with Gasteiger partial charge in [-0.1, -0.05) is 11.6 Å². The molecule has 0 amide bonds. The third kappa shape index (κ3) is 2.45. The van der Waals surface area contributed by atoms with Crippen LogP contribution in [0, 0.1) is 16.0 Å². The predicted octanol–water partition coefficient (Wildman–Crippen LogP) is 0.703. The van der Waals surface area contributed by atoms with E-state index < -0.39 is 26.7 Å². The van der Waals surface area contributed by atoms with Crippen LogP contribution in [0.1, 0.15) is 6.42 Å². The van der Waals surface area contributed by atoms with E-state index in [1.165, 1.54) is 0 Å². The van der Waals surface area contributed by atoms with Gasteiger partial charge in [0.15, 0.2) is 4.34 Å². The van der Waals surface area contributed by atoms with E-state index in [-0.39, 0.29) is 26.6 Å². The number of nitro groups is 1. The third-order valence-electron chi connectivity index (χ3n) is 3.85. The third-order valence-corrected chi connectivity index (χ3v) is 7.12. The Kier molecular flexibility index (Phi) is 3.71. The van der Waals surface area contributed by atoms with E-state index in [1.807, 2.05) is 0 Å². The van der Waals surface area contributed by atoms with Crippen LogP contribution in [0.5, 0.6) is 0 Å². The lowest BCUT2D eigenvalue weighted by Gasteiger charge is -2.45. The number of rotatable bonds is 4. The summed E-state index contributed by atoms with van der Waals surface area (Å²) in [7, 11) is -3.91. The Morgan fingerprint density at radius 2 is 2.29 bits per heavy atom. The van der Waals surface area contributed by atoms with E-state index in [2.05, 4.69) is 4.72 Å². The highest BCUT2D eigenvalue weighted by atomic mass is 35.5. The Morgan fingerprint density at radius 1 is 1.57 bits per heavy atom. The van der Waals surface area contributed by atoms with Crippen LogP contribution in [0.3, 0.4) is 0 Å². The second-order valence-corrected chi connectivity index (χ2v) is 8.59. The molecule has 2 heterocycles. The molecule has 1 aromatic rings. The molecule has 1 aliphatic heterocycles. The van der Waals surface area contributed by atoms with Gasteiger partial charge in [-0.25, -0.2) is 13.1 Å². The Hall–Kier alpha value is -0.780. The van der Waals surface area contributed by atoms with Crippen LogP contribution in [0.2, 0.25) is 4.34 Å². The second-order valence-electron chi connectivity index (χ2n) is 4.99. The van der Waals surface area contributed by atoms with Crippen molar-refractivity contribution in [2.24, 2.45) is 11.7 Å². The molecule has 116 valence electrons. The van der Waals surface area contributed by atoms with E-state index in [9.17, 15) is 18.5 Å². The minimum absolute atomic E-state index is 0.166. The quantitative estimate of drug-likeness (QED) is 0.606. The molecule has 0 aromatic carbocycles. The van der Waals surface area contributed by atoms with Gasteiger partial charge >= 0.3 is 0 Å². The van der Waals surface area contributed by atoms with E-state index in [4.69, 9.17) is 22.1 Å². The molecule has 4 unspecified atom stereocenters. The maximum atomic E-state index is 12.3. The topological polar surface area (TPSA) is 125 Å². The minimum atomic E-state index is -3.91. The monoisotopic (exact) mass is 353 g/mol. The number of fused-ring (bicyclic) bond motifs is 1. The van der Waals surface area contributed by atoms with Crippen molar-refractivity contribution < 1.29 is 18.1 Å². The van der Waals surface area contributed by atoms with Gasteiger partial charge in [-0.05, 0) is 6.42 Å². The fraction of sp³-hybridized carbons (Fsp3) is 0.600. The van der Waals surface area contributed by atoms with Crippen molar-refractivity contribution in [2.75, 3.05) is 6.61 Å². The first-order valence-corrected chi connectivity index (χ1v) is 8.82. The Bertz CT molecular complexity index is 691. The molecule has 4 atom stereocenters. The molecule has 2 aliphatic rings. The minimum Gasteiger partial charge on any atom is -0.376 e. The first-order chi connectivity index (χ1) is 9.81. The summed E-state index contributed by atoms with van der Waals surface area (Å²) in [6.07, 6.45) is 0.598. The normalized spacial score (nSPS) is 31.7. The molecule has 8 nitrogen and oxygen atoms in total. The number of thiophene rings is 1. The van der Waals surface area contributed by atoms with E-state index in [0.29, 0.717) is 17.9 Å². The first kappa shape index (κ1) is 15.1. The molecule has 0 bridgehead atoms. The van der Waals surface area contributed by atoms with Gasteiger partial charge in [0, 0.05) is 24.6 Å². The zero-order valence-electron chi connectivity index (χ0n) is 10.6. The summed E-state index contributed by atoms with van der Waals surface area (Å²) in [6.45, 7) is 0.567. The zero-order valence-corrected chi connectivity index (χ0v) is 13.0. The van der Waals surface area contributed by atoms with Crippen LogP contribution in [-0.2, 0) is 14.8 Å². The van der Waals surface area contributed by atoms with Crippen LogP contribution in [0.25, 0.3) is 0 Å². The Labute approximate surface area is 129 Å². The van der Waals surface area contributed by atoms with Crippen LogP contribution in [-0.4, -0.2) is 38.1 Å². The van der Waals surface area contributed by atoms with Gasteiger partial charge in [0.2, 0.25) is 0 Å². The summed E-state index contributed by atoms with van der Waals surface area (Å²) in [5.74, 6) is 0.166. The van der Waals surface area contributed by atoms with Crippen LogP contribution < -0.4 is 10.5 Å². The van der Waals surface area contributed by atoms with Gasteiger partial charge in [-0.3, -0.25) is 10.1 Å². The highest BCUT2D eigenvalue weighted by Gasteiger charge is 2.53. The van der Waals surface area contributed by atoms with Crippen LogP contribution in [0.15, 0.2) is 10.3 Å². The molecule has 11 heteroatoms. The lowest BCUT2D eigenvalue weighted by Crippen LogP contribution is -2.68. The van der Waals surface area contributed by atoms with Gasteiger partial charge in [0.25, 0.3) is 15.7 Å². The van der Waals surface area contributed by atoms with Crippen molar-refractivity contribution in [3.05, 3.63) is 20.5 Å². The molecule has 1 aromatic heterocycles. The van der Waals surface area contributed by atoms with Gasteiger partial charge in [-0.15, -0.1) is 11.3 Å². The van der Waals surface area contributed by atoms with Crippen LogP contribution in [0.4, 0.5) is 5.69 Å². The molecule has 1 aliphatic carbocycles. The number of nitrogens with two attached hydrogens (primary N) is 1. The predicted molar refractivity (Wildman–Crippen MR) is 75.9 cm³/mol. The maximum Gasteiger partial charge on any atom is 0.300 e. The van der Waals surface area contributed by atoms with Crippen molar-refractivity contribution >= 4 is 38.6 Å². The molecule has 1 saturated carbocycles. The molecule has 3 N–H and O–H groups in total. The molecule has 0 radical (unpaired) electrons.